The van der Waals surface area contributed by atoms with Crippen LogP contribution in [-0.4, -0.2) is 18.8 Å². The van der Waals surface area contributed by atoms with Gasteiger partial charge in [0.1, 0.15) is 5.75 Å². The number of alkyl halides is 3. The van der Waals surface area contributed by atoms with E-state index in [1.165, 1.54) is 12.1 Å². The van der Waals surface area contributed by atoms with E-state index in [-0.39, 0.29) is 17.9 Å². The second-order valence-corrected chi connectivity index (χ2v) is 5.59. The Morgan fingerprint density at radius 3 is 2.17 bits per heavy atom. The first-order chi connectivity index (χ1) is 11.3. The van der Waals surface area contributed by atoms with Gasteiger partial charge in [0.2, 0.25) is 0 Å². The minimum absolute atomic E-state index is 0.217. The lowest BCUT2D eigenvalue weighted by Gasteiger charge is -2.10. The van der Waals surface area contributed by atoms with Crippen LogP contribution in [0.5, 0.6) is 5.75 Å². The van der Waals surface area contributed by atoms with Crippen molar-refractivity contribution in [3.63, 3.8) is 0 Å². The van der Waals surface area contributed by atoms with E-state index in [0.717, 1.165) is 17.7 Å². The van der Waals surface area contributed by atoms with E-state index in [0.29, 0.717) is 16.5 Å². The molecule has 8 heteroatoms. The van der Waals surface area contributed by atoms with Crippen LogP contribution < -0.4 is 10.1 Å². The minimum Gasteiger partial charge on any atom is -0.406 e. The second-order valence-electron chi connectivity index (χ2n) is 4.78. The lowest BCUT2D eigenvalue weighted by Crippen LogP contribution is -2.25. The third-order valence-electron chi connectivity index (χ3n) is 3.07. The van der Waals surface area contributed by atoms with Crippen LogP contribution in [0.2, 0.25) is 10.0 Å². The first-order valence-corrected chi connectivity index (χ1v) is 7.59. The molecular weight excluding hydrogens is 366 g/mol. The molecule has 0 atom stereocenters. The quantitative estimate of drug-likeness (QED) is 0.807. The molecular formula is C16H12Cl2F3NO2. The zero-order valence-electron chi connectivity index (χ0n) is 12.2. The van der Waals surface area contributed by atoms with Gasteiger partial charge in [-0.1, -0.05) is 29.3 Å². The standard InChI is InChI=1S/C16H12Cl2F3NO2/c17-13-2-1-3-14(18)12(13)8-9-22-15(23)10-4-6-11(7-5-10)24-16(19,20)21/h1-7H,8-9H2,(H,22,23). The van der Waals surface area contributed by atoms with Gasteiger partial charge in [0.15, 0.2) is 0 Å². The van der Waals surface area contributed by atoms with Crippen molar-refractivity contribution in [1.29, 1.82) is 0 Å². The van der Waals surface area contributed by atoms with Gasteiger partial charge in [-0.2, -0.15) is 0 Å². The molecule has 24 heavy (non-hydrogen) atoms. The molecule has 0 fully saturated rings. The molecule has 0 aliphatic carbocycles. The summed E-state index contributed by atoms with van der Waals surface area (Å²) in [6, 6.07) is 9.77. The smallest absolute Gasteiger partial charge is 0.406 e. The van der Waals surface area contributed by atoms with Crippen molar-refractivity contribution in [2.45, 2.75) is 12.8 Å². The molecule has 0 radical (unpaired) electrons. The SMILES string of the molecule is O=C(NCCc1c(Cl)cccc1Cl)c1ccc(OC(F)(F)F)cc1. The Kier molecular flexibility index (Phi) is 5.96. The Labute approximate surface area is 146 Å². The number of hydrogen-bond acceptors (Lipinski definition) is 2. The van der Waals surface area contributed by atoms with Crippen molar-refractivity contribution < 1.29 is 22.7 Å². The summed E-state index contributed by atoms with van der Waals surface area (Å²) in [4.78, 5) is 12.0. The highest BCUT2D eigenvalue weighted by molar-refractivity contribution is 6.36. The zero-order chi connectivity index (χ0) is 17.7. The molecule has 3 nitrogen and oxygen atoms in total. The predicted octanol–water partition coefficient (Wildman–Crippen LogP) is 4.86. The van der Waals surface area contributed by atoms with Crippen molar-refractivity contribution in [2.75, 3.05) is 6.54 Å². The van der Waals surface area contributed by atoms with E-state index < -0.39 is 12.3 Å². The summed E-state index contributed by atoms with van der Waals surface area (Å²) >= 11 is 12.1. The predicted molar refractivity (Wildman–Crippen MR) is 85.6 cm³/mol. The van der Waals surface area contributed by atoms with Gasteiger partial charge in [0.25, 0.3) is 5.91 Å². The monoisotopic (exact) mass is 377 g/mol. The van der Waals surface area contributed by atoms with Gasteiger partial charge in [-0.05, 0) is 48.4 Å². The Hall–Kier alpha value is -1.92. The molecule has 0 spiro atoms. The normalized spacial score (nSPS) is 11.2. The van der Waals surface area contributed by atoms with Crippen molar-refractivity contribution >= 4 is 29.1 Å². The molecule has 0 heterocycles. The zero-order valence-corrected chi connectivity index (χ0v) is 13.7. The van der Waals surface area contributed by atoms with Gasteiger partial charge < -0.3 is 10.1 Å². The molecule has 0 saturated heterocycles. The van der Waals surface area contributed by atoms with Crippen LogP contribution in [0.4, 0.5) is 13.2 Å². The molecule has 1 amide bonds. The molecule has 128 valence electrons. The summed E-state index contributed by atoms with van der Waals surface area (Å²) in [5, 5.41) is 3.66. The summed E-state index contributed by atoms with van der Waals surface area (Å²) < 4.78 is 40.0. The number of hydrogen-bond donors (Lipinski definition) is 1. The highest BCUT2D eigenvalue weighted by Gasteiger charge is 2.31. The maximum atomic E-state index is 12.1. The van der Waals surface area contributed by atoms with Gasteiger partial charge in [0.05, 0.1) is 0 Å². The summed E-state index contributed by atoms with van der Waals surface area (Å²) in [7, 11) is 0. The second kappa shape index (κ2) is 7.77. The molecule has 0 unspecified atom stereocenters. The Morgan fingerprint density at radius 2 is 1.62 bits per heavy atom. The highest BCUT2D eigenvalue weighted by atomic mass is 35.5. The molecule has 0 bridgehead atoms. The number of carbonyl (C=O) groups excluding carboxylic acids is 1. The molecule has 0 saturated carbocycles. The summed E-state index contributed by atoms with van der Waals surface area (Å²) in [5.41, 5.74) is 0.935. The van der Waals surface area contributed by atoms with Gasteiger partial charge in [-0.3, -0.25) is 4.79 Å². The van der Waals surface area contributed by atoms with E-state index in [1.54, 1.807) is 18.2 Å². The average Bonchev–Trinajstić information content (AvgIpc) is 2.49. The molecule has 1 N–H and O–H groups in total. The third kappa shape index (κ3) is 5.32. The highest BCUT2D eigenvalue weighted by Crippen LogP contribution is 2.25. The van der Waals surface area contributed by atoms with Crippen LogP contribution in [-0.2, 0) is 6.42 Å². The minimum atomic E-state index is -4.77. The maximum Gasteiger partial charge on any atom is 0.573 e. The van der Waals surface area contributed by atoms with E-state index in [1.807, 2.05) is 0 Å². The third-order valence-corrected chi connectivity index (χ3v) is 3.78. The maximum absolute atomic E-state index is 12.1. The molecule has 2 aromatic rings. The van der Waals surface area contributed by atoms with Crippen LogP contribution >= 0.6 is 23.2 Å². The van der Waals surface area contributed by atoms with Crippen molar-refractivity contribution in [3.05, 3.63) is 63.6 Å². The van der Waals surface area contributed by atoms with Crippen LogP contribution in [0.3, 0.4) is 0 Å². The molecule has 0 aromatic heterocycles. The van der Waals surface area contributed by atoms with Crippen molar-refractivity contribution in [1.82, 2.24) is 5.32 Å². The van der Waals surface area contributed by atoms with Crippen LogP contribution in [0.1, 0.15) is 15.9 Å². The Balaban J connectivity index is 1.91. The van der Waals surface area contributed by atoms with E-state index in [4.69, 9.17) is 23.2 Å². The molecule has 0 aliphatic heterocycles. The van der Waals surface area contributed by atoms with Crippen LogP contribution in [0.15, 0.2) is 42.5 Å². The van der Waals surface area contributed by atoms with Crippen LogP contribution in [0.25, 0.3) is 0 Å². The lowest BCUT2D eigenvalue weighted by atomic mass is 10.1. The van der Waals surface area contributed by atoms with Crippen LogP contribution in [0, 0.1) is 0 Å². The number of nitrogens with one attached hydrogen (secondary N) is 1. The fourth-order valence-electron chi connectivity index (χ4n) is 1.98. The van der Waals surface area contributed by atoms with Gasteiger partial charge >= 0.3 is 6.36 Å². The van der Waals surface area contributed by atoms with Gasteiger partial charge in [0, 0.05) is 22.2 Å². The number of ether oxygens (including phenoxy) is 1. The number of amides is 1. The first-order valence-electron chi connectivity index (χ1n) is 6.83. The summed E-state index contributed by atoms with van der Waals surface area (Å²) in [5.74, 6) is -0.807. The molecule has 2 aromatic carbocycles. The average molecular weight is 378 g/mol. The van der Waals surface area contributed by atoms with Crippen molar-refractivity contribution in [3.8, 4) is 5.75 Å². The number of halogens is 5. The Bertz CT molecular complexity index is 698. The fourth-order valence-corrected chi connectivity index (χ4v) is 2.57. The van der Waals surface area contributed by atoms with E-state index in [2.05, 4.69) is 10.1 Å². The van der Waals surface area contributed by atoms with Crippen molar-refractivity contribution in [2.24, 2.45) is 0 Å². The number of carbonyl (C=O) groups is 1. The van der Waals surface area contributed by atoms with E-state index >= 15 is 0 Å². The largest absolute Gasteiger partial charge is 0.573 e. The molecule has 0 aliphatic rings. The Morgan fingerprint density at radius 1 is 1.04 bits per heavy atom. The lowest BCUT2D eigenvalue weighted by molar-refractivity contribution is -0.274. The van der Waals surface area contributed by atoms with E-state index in [9.17, 15) is 18.0 Å². The van der Waals surface area contributed by atoms with Gasteiger partial charge in [-0.15, -0.1) is 13.2 Å². The summed E-state index contributed by atoms with van der Waals surface area (Å²) in [6.45, 7) is 0.281. The topological polar surface area (TPSA) is 38.3 Å². The fraction of sp³-hybridized carbons (Fsp3) is 0.188. The molecule has 2 rings (SSSR count). The number of benzene rings is 2. The number of rotatable bonds is 5. The summed E-state index contributed by atoms with van der Waals surface area (Å²) in [6.07, 6.45) is -4.34. The first kappa shape index (κ1) is 18.4. The van der Waals surface area contributed by atoms with Gasteiger partial charge in [-0.25, -0.2) is 0 Å².